The standard InChI is InChI=1S/C22H23N3O3/c1-22(17-12-11-15-7-6-8-16(15)13-17)20(27)25(21(28)23-22)14-19(26)24(2)18-9-4-3-5-10-18/h3-5,9-13H,6-8,14H2,1-2H3,(H,23,28)/t22-/m1/s1. The average Bonchev–Trinajstić information content (AvgIpc) is 3.26. The van der Waals surface area contributed by atoms with Crippen molar-refractivity contribution in [3.63, 3.8) is 0 Å². The fraction of sp³-hybridized carbons (Fsp3) is 0.318. The SMILES string of the molecule is CN(C(=O)CN1C(=O)N[C@](C)(c2ccc3c(c2)CCC3)C1=O)c1ccccc1. The summed E-state index contributed by atoms with van der Waals surface area (Å²) >= 11 is 0. The molecule has 1 heterocycles. The summed E-state index contributed by atoms with van der Waals surface area (Å²) in [4.78, 5) is 40.7. The minimum Gasteiger partial charge on any atom is -0.319 e. The quantitative estimate of drug-likeness (QED) is 0.833. The lowest BCUT2D eigenvalue weighted by molar-refractivity contribution is -0.134. The van der Waals surface area contributed by atoms with Crippen LogP contribution in [0.2, 0.25) is 0 Å². The molecule has 1 aliphatic carbocycles. The van der Waals surface area contributed by atoms with E-state index >= 15 is 0 Å². The largest absolute Gasteiger partial charge is 0.325 e. The van der Waals surface area contributed by atoms with Gasteiger partial charge in [-0.2, -0.15) is 0 Å². The van der Waals surface area contributed by atoms with Crippen molar-refractivity contribution in [2.45, 2.75) is 31.7 Å². The van der Waals surface area contributed by atoms with Gasteiger partial charge in [-0.05, 0) is 55.0 Å². The highest BCUT2D eigenvalue weighted by atomic mass is 16.2. The molecule has 4 amide bonds. The van der Waals surface area contributed by atoms with E-state index in [2.05, 4.69) is 5.32 Å². The fourth-order valence-corrected chi connectivity index (χ4v) is 3.96. The van der Waals surface area contributed by atoms with Gasteiger partial charge < -0.3 is 10.2 Å². The topological polar surface area (TPSA) is 69.7 Å². The lowest BCUT2D eigenvalue weighted by Gasteiger charge is -2.24. The molecule has 6 heteroatoms. The zero-order chi connectivity index (χ0) is 19.9. The molecule has 0 bridgehead atoms. The number of hydrogen-bond acceptors (Lipinski definition) is 3. The van der Waals surface area contributed by atoms with E-state index in [-0.39, 0.29) is 12.5 Å². The number of aryl methyl sites for hydroxylation is 2. The van der Waals surface area contributed by atoms with E-state index in [0.717, 1.165) is 29.7 Å². The Bertz CT molecular complexity index is 957. The molecule has 1 saturated heterocycles. The smallest absolute Gasteiger partial charge is 0.319 e. The highest BCUT2D eigenvalue weighted by Gasteiger charge is 2.49. The molecule has 0 radical (unpaired) electrons. The van der Waals surface area contributed by atoms with Crippen LogP contribution in [0.4, 0.5) is 10.5 Å². The predicted molar refractivity (Wildman–Crippen MR) is 106 cm³/mol. The second-order valence-electron chi connectivity index (χ2n) is 7.57. The van der Waals surface area contributed by atoms with E-state index in [4.69, 9.17) is 0 Å². The minimum atomic E-state index is -1.15. The van der Waals surface area contributed by atoms with Gasteiger partial charge in [-0.1, -0.05) is 36.4 Å². The van der Waals surface area contributed by atoms with Gasteiger partial charge in [0.15, 0.2) is 0 Å². The number of carbonyl (C=O) groups excluding carboxylic acids is 3. The Kier molecular flexibility index (Phi) is 4.41. The molecule has 0 saturated carbocycles. The summed E-state index contributed by atoms with van der Waals surface area (Å²) in [7, 11) is 1.63. The van der Waals surface area contributed by atoms with Crippen LogP contribution in [-0.4, -0.2) is 36.3 Å². The van der Waals surface area contributed by atoms with Gasteiger partial charge in [0.05, 0.1) is 0 Å². The van der Waals surface area contributed by atoms with Crippen LogP contribution in [0.3, 0.4) is 0 Å². The van der Waals surface area contributed by atoms with E-state index in [9.17, 15) is 14.4 Å². The second-order valence-corrected chi connectivity index (χ2v) is 7.57. The maximum absolute atomic E-state index is 13.1. The van der Waals surface area contributed by atoms with E-state index in [1.165, 1.54) is 16.0 Å². The summed E-state index contributed by atoms with van der Waals surface area (Å²) in [6.07, 6.45) is 3.16. The normalized spacial score (nSPS) is 20.9. The third-order valence-electron chi connectivity index (χ3n) is 5.76. The Hall–Kier alpha value is -3.15. The Morgan fingerprint density at radius 3 is 2.57 bits per heavy atom. The van der Waals surface area contributed by atoms with Crippen LogP contribution in [-0.2, 0) is 28.0 Å². The number of amides is 4. The first-order valence-electron chi connectivity index (χ1n) is 9.48. The number of benzene rings is 2. The molecular weight excluding hydrogens is 354 g/mol. The fourth-order valence-electron chi connectivity index (χ4n) is 3.96. The van der Waals surface area contributed by atoms with Crippen LogP contribution in [0, 0.1) is 0 Å². The van der Waals surface area contributed by atoms with Crippen molar-refractivity contribution in [1.82, 2.24) is 10.2 Å². The molecule has 1 N–H and O–H groups in total. The number of urea groups is 1. The first kappa shape index (κ1) is 18.2. The first-order chi connectivity index (χ1) is 13.4. The van der Waals surface area contributed by atoms with Crippen LogP contribution >= 0.6 is 0 Å². The van der Waals surface area contributed by atoms with E-state index in [0.29, 0.717) is 5.69 Å². The van der Waals surface area contributed by atoms with Crippen LogP contribution in [0.25, 0.3) is 0 Å². The number of fused-ring (bicyclic) bond motifs is 1. The van der Waals surface area contributed by atoms with Crippen LogP contribution < -0.4 is 10.2 Å². The van der Waals surface area contributed by atoms with Gasteiger partial charge in [0.2, 0.25) is 5.91 Å². The number of anilines is 1. The van der Waals surface area contributed by atoms with Gasteiger partial charge >= 0.3 is 6.03 Å². The van der Waals surface area contributed by atoms with Crippen LogP contribution in [0.5, 0.6) is 0 Å². The van der Waals surface area contributed by atoms with Crippen molar-refractivity contribution in [2.75, 3.05) is 18.5 Å². The number of rotatable bonds is 4. The zero-order valence-electron chi connectivity index (χ0n) is 16.1. The van der Waals surface area contributed by atoms with Crippen LogP contribution in [0.1, 0.15) is 30.0 Å². The molecule has 2 aliphatic rings. The molecule has 4 rings (SSSR count). The summed E-state index contributed by atoms with van der Waals surface area (Å²) in [6, 6.07) is 14.6. The van der Waals surface area contributed by atoms with Gasteiger partial charge in [-0.25, -0.2) is 4.79 Å². The number of hydrogen-bond donors (Lipinski definition) is 1. The van der Waals surface area contributed by atoms with Crippen molar-refractivity contribution in [2.24, 2.45) is 0 Å². The van der Waals surface area contributed by atoms with E-state index in [1.807, 2.05) is 36.4 Å². The summed E-state index contributed by atoms with van der Waals surface area (Å²) in [5.41, 5.74) is 2.86. The molecule has 6 nitrogen and oxygen atoms in total. The maximum Gasteiger partial charge on any atom is 0.325 e. The lowest BCUT2D eigenvalue weighted by atomic mass is 9.89. The molecule has 1 aliphatic heterocycles. The Morgan fingerprint density at radius 1 is 1.11 bits per heavy atom. The minimum absolute atomic E-state index is 0.295. The van der Waals surface area contributed by atoms with Crippen molar-refractivity contribution in [1.29, 1.82) is 0 Å². The molecule has 0 unspecified atom stereocenters. The number of para-hydroxylation sites is 1. The third kappa shape index (κ3) is 2.95. The van der Waals surface area contributed by atoms with E-state index < -0.39 is 17.5 Å². The second kappa shape index (κ2) is 6.78. The Balaban J connectivity index is 1.54. The molecule has 28 heavy (non-hydrogen) atoms. The summed E-state index contributed by atoms with van der Waals surface area (Å²) in [5.74, 6) is -0.724. The number of imide groups is 1. The van der Waals surface area contributed by atoms with Gasteiger partial charge in [0.25, 0.3) is 5.91 Å². The summed E-state index contributed by atoms with van der Waals surface area (Å²) < 4.78 is 0. The number of nitrogens with zero attached hydrogens (tertiary/aromatic N) is 2. The first-order valence-corrected chi connectivity index (χ1v) is 9.48. The van der Waals surface area contributed by atoms with Gasteiger partial charge in [0, 0.05) is 12.7 Å². The lowest BCUT2D eigenvalue weighted by Crippen LogP contribution is -2.43. The average molecular weight is 377 g/mol. The molecule has 1 atom stereocenters. The summed E-state index contributed by atoms with van der Waals surface area (Å²) in [5, 5.41) is 2.79. The molecule has 2 aromatic rings. The molecule has 0 aromatic heterocycles. The van der Waals surface area contributed by atoms with Crippen molar-refractivity contribution in [3.05, 3.63) is 65.2 Å². The third-order valence-corrected chi connectivity index (χ3v) is 5.76. The van der Waals surface area contributed by atoms with E-state index in [1.54, 1.807) is 26.1 Å². The number of nitrogens with one attached hydrogen (secondary N) is 1. The predicted octanol–water partition coefficient (Wildman–Crippen LogP) is 2.61. The zero-order valence-corrected chi connectivity index (χ0v) is 16.1. The monoisotopic (exact) mass is 377 g/mol. The highest BCUT2D eigenvalue weighted by molar-refractivity contribution is 6.10. The number of carbonyl (C=O) groups is 3. The van der Waals surface area contributed by atoms with Gasteiger partial charge in [-0.3, -0.25) is 14.5 Å². The Morgan fingerprint density at radius 2 is 1.82 bits per heavy atom. The molecular formula is C22H23N3O3. The molecule has 0 spiro atoms. The Labute approximate surface area is 164 Å². The molecule has 144 valence electrons. The van der Waals surface area contributed by atoms with Crippen molar-refractivity contribution in [3.8, 4) is 0 Å². The van der Waals surface area contributed by atoms with Gasteiger partial charge in [0.1, 0.15) is 12.1 Å². The van der Waals surface area contributed by atoms with Crippen molar-refractivity contribution < 1.29 is 14.4 Å². The molecule has 2 aromatic carbocycles. The molecule has 1 fully saturated rings. The van der Waals surface area contributed by atoms with Gasteiger partial charge in [-0.15, -0.1) is 0 Å². The maximum atomic E-state index is 13.1. The van der Waals surface area contributed by atoms with Crippen molar-refractivity contribution >= 4 is 23.5 Å². The number of likely N-dealkylation sites (N-methyl/N-ethyl adjacent to an activating group) is 1. The highest BCUT2D eigenvalue weighted by Crippen LogP contribution is 2.32. The summed E-state index contributed by atoms with van der Waals surface area (Å²) in [6.45, 7) is 1.41. The van der Waals surface area contributed by atoms with Crippen LogP contribution in [0.15, 0.2) is 48.5 Å².